The fraction of sp³-hybridized carbons (Fsp3) is 0.0833. The van der Waals surface area contributed by atoms with Crippen LogP contribution in [0.15, 0.2) is 35.4 Å². The summed E-state index contributed by atoms with van der Waals surface area (Å²) in [5, 5.41) is 0.207. The Hall–Kier alpha value is -2.19. The van der Waals surface area contributed by atoms with Crippen LogP contribution in [0.4, 0.5) is 11.4 Å². The number of primary amides is 1. The number of aromatic nitrogens is 1. The van der Waals surface area contributed by atoms with Gasteiger partial charge in [0, 0.05) is 18.9 Å². The quantitative estimate of drug-likeness (QED) is 0.729. The van der Waals surface area contributed by atoms with Crippen molar-refractivity contribution in [1.29, 1.82) is 0 Å². The molecular formula is C12H13ClN4O3S. The Balaban J connectivity index is 2.41. The van der Waals surface area contributed by atoms with E-state index in [0.29, 0.717) is 5.69 Å². The largest absolute Gasteiger partial charge is 0.399 e. The minimum atomic E-state index is -3.91. The highest BCUT2D eigenvalue weighted by atomic mass is 35.5. The second-order valence-electron chi connectivity index (χ2n) is 4.38. The van der Waals surface area contributed by atoms with Crippen LogP contribution in [-0.2, 0) is 17.1 Å². The van der Waals surface area contributed by atoms with Gasteiger partial charge in [-0.15, -0.1) is 0 Å². The van der Waals surface area contributed by atoms with E-state index in [1.165, 1.54) is 36.0 Å². The monoisotopic (exact) mass is 328 g/mol. The normalized spacial score (nSPS) is 11.3. The van der Waals surface area contributed by atoms with Gasteiger partial charge in [-0.05, 0) is 24.3 Å². The summed E-state index contributed by atoms with van der Waals surface area (Å²) >= 11 is 5.91. The number of hydrogen-bond donors (Lipinski definition) is 3. The number of nitrogens with two attached hydrogens (primary N) is 2. The smallest absolute Gasteiger partial charge is 0.265 e. The van der Waals surface area contributed by atoms with Gasteiger partial charge in [0.1, 0.15) is 10.6 Å². The molecule has 0 fully saturated rings. The van der Waals surface area contributed by atoms with Crippen LogP contribution in [0.5, 0.6) is 0 Å². The Bertz CT molecular complexity index is 814. The molecule has 1 heterocycles. The summed E-state index contributed by atoms with van der Waals surface area (Å²) in [6.45, 7) is 0. The van der Waals surface area contributed by atoms with Gasteiger partial charge in [-0.2, -0.15) is 0 Å². The Morgan fingerprint density at radius 1 is 1.33 bits per heavy atom. The molecule has 0 unspecified atom stereocenters. The van der Waals surface area contributed by atoms with E-state index in [1.807, 2.05) is 0 Å². The van der Waals surface area contributed by atoms with E-state index in [1.54, 1.807) is 6.07 Å². The fourth-order valence-electron chi connectivity index (χ4n) is 1.75. The third-order valence-electron chi connectivity index (χ3n) is 2.78. The van der Waals surface area contributed by atoms with Crippen LogP contribution in [0.3, 0.4) is 0 Å². The van der Waals surface area contributed by atoms with Gasteiger partial charge in [0.15, 0.2) is 0 Å². The summed E-state index contributed by atoms with van der Waals surface area (Å²) in [5.74, 6) is -0.721. The van der Waals surface area contributed by atoms with Crippen LogP contribution in [-0.4, -0.2) is 18.9 Å². The summed E-state index contributed by atoms with van der Waals surface area (Å²) < 4.78 is 28.2. The zero-order valence-electron chi connectivity index (χ0n) is 11.0. The number of anilines is 2. The molecule has 1 aromatic heterocycles. The van der Waals surface area contributed by atoms with Crippen molar-refractivity contribution in [3.05, 3.63) is 41.2 Å². The number of carbonyl (C=O) groups is 1. The lowest BCUT2D eigenvalue weighted by atomic mass is 10.3. The van der Waals surface area contributed by atoms with Crippen molar-refractivity contribution < 1.29 is 13.2 Å². The van der Waals surface area contributed by atoms with Gasteiger partial charge in [-0.1, -0.05) is 11.6 Å². The fourth-order valence-corrected chi connectivity index (χ4v) is 3.11. The molecule has 112 valence electrons. The van der Waals surface area contributed by atoms with E-state index in [4.69, 9.17) is 23.1 Å². The molecule has 0 saturated heterocycles. The predicted molar refractivity (Wildman–Crippen MR) is 80.6 cm³/mol. The molecule has 21 heavy (non-hydrogen) atoms. The Morgan fingerprint density at radius 3 is 2.57 bits per heavy atom. The average Bonchev–Trinajstić information content (AvgIpc) is 2.77. The van der Waals surface area contributed by atoms with Crippen molar-refractivity contribution in [3.63, 3.8) is 0 Å². The van der Waals surface area contributed by atoms with Gasteiger partial charge in [0.25, 0.3) is 15.9 Å². The molecule has 1 amide bonds. The molecule has 1 aromatic carbocycles. The molecule has 5 N–H and O–H groups in total. The zero-order chi connectivity index (χ0) is 15.8. The van der Waals surface area contributed by atoms with Crippen LogP contribution in [0.25, 0.3) is 0 Å². The van der Waals surface area contributed by atoms with Crippen molar-refractivity contribution in [2.75, 3.05) is 10.5 Å². The van der Waals surface area contributed by atoms with Gasteiger partial charge in [0.2, 0.25) is 0 Å². The maximum Gasteiger partial charge on any atom is 0.265 e. The van der Waals surface area contributed by atoms with Crippen LogP contribution in [0.1, 0.15) is 10.5 Å². The third-order valence-corrected chi connectivity index (χ3v) is 4.44. The first-order valence-electron chi connectivity index (χ1n) is 5.75. The summed E-state index contributed by atoms with van der Waals surface area (Å²) in [6, 6.07) is 5.62. The number of benzene rings is 1. The zero-order valence-corrected chi connectivity index (χ0v) is 12.6. The number of nitrogens with one attached hydrogen (secondary N) is 1. The van der Waals surface area contributed by atoms with Crippen molar-refractivity contribution >= 4 is 38.9 Å². The number of halogens is 1. The van der Waals surface area contributed by atoms with Gasteiger partial charge < -0.3 is 16.0 Å². The second kappa shape index (κ2) is 5.30. The molecule has 7 nitrogen and oxygen atoms in total. The standard InChI is InChI=1S/C12H13ClN4O3S/c1-17-6-8(5-11(17)12(15)18)21(19,20)16-10-4-7(14)2-3-9(10)13/h2-6,16H,14H2,1H3,(H2,15,18). The van der Waals surface area contributed by atoms with E-state index >= 15 is 0 Å². The van der Waals surface area contributed by atoms with Gasteiger partial charge >= 0.3 is 0 Å². The van der Waals surface area contributed by atoms with E-state index in [0.717, 1.165) is 0 Å². The molecule has 0 radical (unpaired) electrons. The van der Waals surface area contributed by atoms with E-state index in [2.05, 4.69) is 4.72 Å². The highest BCUT2D eigenvalue weighted by Crippen LogP contribution is 2.27. The van der Waals surface area contributed by atoms with Crippen molar-refractivity contribution in [2.45, 2.75) is 4.90 Å². The minimum absolute atomic E-state index is 0.0778. The van der Waals surface area contributed by atoms with Gasteiger partial charge in [-0.25, -0.2) is 8.42 Å². The number of aryl methyl sites for hydroxylation is 1. The van der Waals surface area contributed by atoms with Gasteiger partial charge in [-0.3, -0.25) is 9.52 Å². The lowest BCUT2D eigenvalue weighted by molar-refractivity contribution is 0.0992. The molecule has 0 aliphatic carbocycles. The Labute approximate surface area is 126 Å². The molecule has 2 rings (SSSR count). The number of nitrogens with zero attached hydrogens (tertiary/aromatic N) is 1. The van der Waals surface area contributed by atoms with Crippen molar-refractivity contribution in [2.24, 2.45) is 12.8 Å². The summed E-state index contributed by atoms with van der Waals surface area (Å²) in [6.07, 6.45) is 1.28. The van der Waals surface area contributed by atoms with E-state index in [9.17, 15) is 13.2 Å². The Morgan fingerprint density at radius 2 is 2.00 bits per heavy atom. The minimum Gasteiger partial charge on any atom is -0.399 e. The molecule has 0 spiro atoms. The van der Waals surface area contributed by atoms with Crippen LogP contribution < -0.4 is 16.2 Å². The predicted octanol–water partition coefficient (Wildman–Crippen LogP) is 1.16. The van der Waals surface area contributed by atoms with Crippen molar-refractivity contribution in [1.82, 2.24) is 4.57 Å². The number of nitrogen functional groups attached to an aromatic ring is 1. The topological polar surface area (TPSA) is 120 Å². The Kier molecular flexibility index (Phi) is 3.84. The average molecular weight is 329 g/mol. The first-order valence-corrected chi connectivity index (χ1v) is 7.61. The molecular weight excluding hydrogens is 316 g/mol. The summed E-state index contributed by atoms with van der Waals surface area (Å²) in [5.41, 5.74) is 11.3. The number of hydrogen-bond acceptors (Lipinski definition) is 4. The number of rotatable bonds is 4. The van der Waals surface area contributed by atoms with Crippen LogP contribution in [0.2, 0.25) is 5.02 Å². The summed E-state index contributed by atoms with van der Waals surface area (Å²) in [7, 11) is -2.39. The third kappa shape index (κ3) is 3.11. The highest BCUT2D eigenvalue weighted by molar-refractivity contribution is 7.92. The maximum atomic E-state index is 12.3. The van der Waals surface area contributed by atoms with Crippen LogP contribution in [0, 0.1) is 0 Å². The van der Waals surface area contributed by atoms with E-state index < -0.39 is 15.9 Å². The molecule has 0 saturated carbocycles. The molecule has 0 bridgehead atoms. The lowest BCUT2D eigenvalue weighted by Gasteiger charge is -2.08. The highest BCUT2D eigenvalue weighted by Gasteiger charge is 2.20. The molecule has 0 atom stereocenters. The number of sulfonamides is 1. The van der Waals surface area contributed by atoms with Gasteiger partial charge in [0.05, 0.1) is 10.7 Å². The number of carbonyl (C=O) groups excluding carboxylic acids is 1. The summed E-state index contributed by atoms with van der Waals surface area (Å²) in [4.78, 5) is 11.1. The molecule has 9 heteroatoms. The molecule has 2 aromatic rings. The van der Waals surface area contributed by atoms with Crippen LogP contribution >= 0.6 is 11.6 Å². The lowest BCUT2D eigenvalue weighted by Crippen LogP contribution is -2.14. The maximum absolute atomic E-state index is 12.3. The first-order chi connectivity index (χ1) is 9.70. The SMILES string of the molecule is Cn1cc(S(=O)(=O)Nc2cc(N)ccc2Cl)cc1C(N)=O. The first kappa shape index (κ1) is 15.2. The second-order valence-corrected chi connectivity index (χ2v) is 6.47. The molecule has 0 aliphatic heterocycles. The van der Waals surface area contributed by atoms with Crippen molar-refractivity contribution in [3.8, 4) is 0 Å². The molecule has 0 aliphatic rings. The number of amides is 1. The van der Waals surface area contributed by atoms with E-state index in [-0.39, 0.29) is 21.3 Å².